The summed E-state index contributed by atoms with van der Waals surface area (Å²) in [7, 11) is 0. The Morgan fingerprint density at radius 1 is 1.05 bits per heavy atom. The van der Waals surface area contributed by atoms with Crippen molar-refractivity contribution in [3.8, 4) is 22.4 Å². The first kappa shape index (κ1) is 11.6. The van der Waals surface area contributed by atoms with Crippen molar-refractivity contribution in [1.29, 1.82) is 0 Å². The van der Waals surface area contributed by atoms with Gasteiger partial charge in [-0.3, -0.25) is 4.79 Å². The number of H-pyrrole nitrogens is 1. The molecule has 5 nitrogen and oxygen atoms in total. The molecule has 0 aliphatic rings. The highest BCUT2D eigenvalue weighted by atomic mass is 32.1. The van der Waals surface area contributed by atoms with Crippen molar-refractivity contribution in [2.75, 3.05) is 0 Å². The number of carbonyl (C=O) groups is 1. The number of aromatic amines is 1. The van der Waals surface area contributed by atoms with Crippen LogP contribution >= 0.6 is 11.3 Å². The highest BCUT2D eigenvalue weighted by Crippen LogP contribution is 2.26. The standard InChI is InChI=1S/C13H10N4OS/c14-13(18)12-11(15-17-16-12)9-3-1-8(2-4-9)10-5-6-19-7-10/h1-7H,(H2,14,18)(H,15,16,17). The van der Waals surface area contributed by atoms with E-state index in [0.717, 1.165) is 11.1 Å². The van der Waals surface area contributed by atoms with E-state index in [1.807, 2.05) is 29.6 Å². The smallest absolute Gasteiger partial charge is 0.271 e. The summed E-state index contributed by atoms with van der Waals surface area (Å²) in [6.45, 7) is 0. The molecule has 3 N–H and O–H groups in total. The van der Waals surface area contributed by atoms with E-state index in [9.17, 15) is 4.79 Å². The van der Waals surface area contributed by atoms with Crippen LogP contribution in [0, 0.1) is 0 Å². The molecule has 6 heteroatoms. The number of benzene rings is 1. The summed E-state index contributed by atoms with van der Waals surface area (Å²) >= 11 is 1.65. The normalized spacial score (nSPS) is 10.5. The molecular weight excluding hydrogens is 260 g/mol. The second kappa shape index (κ2) is 4.66. The maximum Gasteiger partial charge on any atom is 0.271 e. The zero-order valence-electron chi connectivity index (χ0n) is 9.83. The average molecular weight is 270 g/mol. The van der Waals surface area contributed by atoms with Gasteiger partial charge in [0.1, 0.15) is 5.69 Å². The molecule has 94 valence electrons. The van der Waals surface area contributed by atoms with Gasteiger partial charge in [-0.1, -0.05) is 24.3 Å². The van der Waals surface area contributed by atoms with Gasteiger partial charge in [-0.15, -0.1) is 0 Å². The van der Waals surface area contributed by atoms with E-state index in [4.69, 9.17) is 5.73 Å². The van der Waals surface area contributed by atoms with E-state index >= 15 is 0 Å². The third kappa shape index (κ3) is 2.13. The molecule has 1 aromatic carbocycles. The maximum absolute atomic E-state index is 11.2. The Labute approximate surface area is 113 Å². The van der Waals surface area contributed by atoms with Gasteiger partial charge in [0.15, 0.2) is 5.69 Å². The second-order valence-corrected chi connectivity index (χ2v) is 4.75. The van der Waals surface area contributed by atoms with Crippen molar-refractivity contribution in [3.05, 3.63) is 46.8 Å². The SMILES string of the molecule is NC(=O)c1n[nH]nc1-c1ccc(-c2ccsc2)cc1. The summed E-state index contributed by atoms with van der Waals surface area (Å²) in [6.07, 6.45) is 0. The molecule has 0 fully saturated rings. The Morgan fingerprint density at radius 3 is 2.42 bits per heavy atom. The number of amides is 1. The van der Waals surface area contributed by atoms with Gasteiger partial charge in [-0.25, -0.2) is 0 Å². The number of primary amides is 1. The molecule has 0 spiro atoms. The second-order valence-electron chi connectivity index (χ2n) is 3.97. The first-order valence-electron chi connectivity index (χ1n) is 5.59. The number of aromatic nitrogens is 3. The predicted octanol–water partition coefficient (Wildman–Crippen LogP) is 2.30. The summed E-state index contributed by atoms with van der Waals surface area (Å²) < 4.78 is 0. The van der Waals surface area contributed by atoms with Crippen LogP contribution < -0.4 is 5.73 Å². The summed E-state index contributed by atoms with van der Waals surface area (Å²) in [4.78, 5) is 11.2. The van der Waals surface area contributed by atoms with Gasteiger partial charge >= 0.3 is 0 Å². The van der Waals surface area contributed by atoms with Crippen molar-refractivity contribution < 1.29 is 4.79 Å². The molecule has 3 aromatic rings. The van der Waals surface area contributed by atoms with Gasteiger partial charge in [0.25, 0.3) is 5.91 Å². The Morgan fingerprint density at radius 2 is 1.79 bits per heavy atom. The lowest BCUT2D eigenvalue weighted by Crippen LogP contribution is -2.12. The topological polar surface area (TPSA) is 84.7 Å². The average Bonchev–Trinajstić information content (AvgIpc) is 3.10. The van der Waals surface area contributed by atoms with Gasteiger partial charge in [-0.2, -0.15) is 26.7 Å². The number of carbonyl (C=O) groups excluding carboxylic acids is 1. The molecule has 0 unspecified atom stereocenters. The molecular formula is C13H10N4OS. The van der Waals surface area contributed by atoms with Crippen LogP contribution in [-0.2, 0) is 0 Å². The van der Waals surface area contributed by atoms with Gasteiger partial charge in [0, 0.05) is 5.56 Å². The summed E-state index contributed by atoms with van der Waals surface area (Å²) in [5, 5.41) is 14.3. The van der Waals surface area contributed by atoms with Crippen molar-refractivity contribution in [1.82, 2.24) is 15.4 Å². The van der Waals surface area contributed by atoms with E-state index in [1.54, 1.807) is 11.3 Å². The number of rotatable bonds is 3. The van der Waals surface area contributed by atoms with Gasteiger partial charge in [0.05, 0.1) is 0 Å². The van der Waals surface area contributed by atoms with Gasteiger partial charge in [-0.05, 0) is 28.0 Å². The van der Waals surface area contributed by atoms with E-state index in [1.165, 1.54) is 5.56 Å². The quantitative estimate of drug-likeness (QED) is 0.765. The number of nitrogens with two attached hydrogens (primary N) is 1. The van der Waals surface area contributed by atoms with Crippen LogP contribution in [0.3, 0.4) is 0 Å². The number of hydrogen-bond acceptors (Lipinski definition) is 4. The monoisotopic (exact) mass is 270 g/mol. The van der Waals surface area contributed by atoms with Crippen LogP contribution in [0.2, 0.25) is 0 Å². The highest BCUT2D eigenvalue weighted by molar-refractivity contribution is 7.08. The largest absolute Gasteiger partial charge is 0.364 e. The molecule has 2 heterocycles. The first-order chi connectivity index (χ1) is 9.25. The van der Waals surface area contributed by atoms with E-state index < -0.39 is 5.91 Å². The molecule has 3 rings (SSSR count). The van der Waals surface area contributed by atoms with Crippen LogP contribution in [-0.4, -0.2) is 21.3 Å². The molecule has 0 bridgehead atoms. The van der Waals surface area contributed by atoms with Crippen LogP contribution in [0.1, 0.15) is 10.5 Å². The Bertz CT molecular complexity index is 701. The lowest BCUT2D eigenvalue weighted by Gasteiger charge is -2.01. The number of nitrogens with zero attached hydrogens (tertiary/aromatic N) is 2. The lowest BCUT2D eigenvalue weighted by atomic mass is 10.0. The fourth-order valence-electron chi connectivity index (χ4n) is 1.85. The molecule has 0 saturated carbocycles. The van der Waals surface area contributed by atoms with Gasteiger partial charge < -0.3 is 5.73 Å². The highest BCUT2D eigenvalue weighted by Gasteiger charge is 2.14. The molecule has 0 aliphatic carbocycles. The zero-order chi connectivity index (χ0) is 13.2. The Kier molecular flexibility index (Phi) is 2.85. The zero-order valence-corrected chi connectivity index (χ0v) is 10.6. The maximum atomic E-state index is 11.2. The third-order valence-corrected chi connectivity index (χ3v) is 3.48. The minimum Gasteiger partial charge on any atom is -0.364 e. The summed E-state index contributed by atoms with van der Waals surface area (Å²) in [6, 6.07) is 9.83. The van der Waals surface area contributed by atoms with Crippen molar-refractivity contribution >= 4 is 17.2 Å². The fraction of sp³-hybridized carbons (Fsp3) is 0. The molecule has 19 heavy (non-hydrogen) atoms. The minimum absolute atomic E-state index is 0.156. The van der Waals surface area contributed by atoms with Crippen LogP contribution in [0.5, 0.6) is 0 Å². The van der Waals surface area contributed by atoms with Crippen molar-refractivity contribution in [2.45, 2.75) is 0 Å². The third-order valence-electron chi connectivity index (χ3n) is 2.79. The van der Waals surface area contributed by atoms with Crippen molar-refractivity contribution in [2.24, 2.45) is 5.73 Å². The Balaban J connectivity index is 1.99. The van der Waals surface area contributed by atoms with E-state index in [0.29, 0.717) is 5.69 Å². The fourth-order valence-corrected chi connectivity index (χ4v) is 2.52. The number of hydrogen-bond donors (Lipinski definition) is 2. The number of thiophene rings is 1. The summed E-state index contributed by atoms with van der Waals surface area (Å²) in [5.74, 6) is -0.592. The van der Waals surface area contributed by atoms with Crippen LogP contribution in [0.4, 0.5) is 0 Å². The molecule has 0 atom stereocenters. The molecule has 2 aromatic heterocycles. The van der Waals surface area contributed by atoms with Crippen molar-refractivity contribution in [3.63, 3.8) is 0 Å². The first-order valence-corrected chi connectivity index (χ1v) is 6.53. The minimum atomic E-state index is -0.592. The Hall–Kier alpha value is -2.47. The van der Waals surface area contributed by atoms with E-state index in [-0.39, 0.29) is 5.69 Å². The van der Waals surface area contributed by atoms with Crippen LogP contribution in [0.25, 0.3) is 22.4 Å². The van der Waals surface area contributed by atoms with E-state index in [2.05, 4.69) is 26.9 Å². The summed E-state index contributed by atoms with van der Waals surface area (Å²) in [5.41, 5.74) is 8.97. The molecule has 0 radical (unpaired) electrons. The number of nitrogens with one attached hydrogen (secondary N) is 1. The molecule has 0 aliphatic heterocycles. The predicted molar refractivity (Wildman–Crippen MR) is 73.6 cm³/mol. The van der Waals surface area contributed by atoms with Gasteiger partial charge in [0.2, 0.25) is 0 Å². The van der Waals surface area contributed by atoms with Crippen LogP contribution in [0.15, 0.2) is 41.1 Å². The lowest BCUT2D eigenvalue weighted by molar-refractivity contribution is 0.0996. The molecule has 0 saturated heterocycles. The molecule has 1 amide bonds.